The summed E-state index contributed by atoms with van der Waals surface area (Å²) in [6.45, 7) is 3.97. The lowest BCUT2D eigenvalue weighted by Gasteiger charge is -2.02. The molecule has 3 heteroatoms. The van der Waals surface area contributed by atoms with Crippen molar-refractivity contribution in [1.29, 1.82) is 0 Å². The van der Waals surface area contributed by atoms with Gasteiger partial charge in [0.15, 0.2) is 12.2 Å². The zero-order valence-corrected chi connectivity index (χ0v) is 8.82. The first-order valence-electron chi connectivity index (χ1n) is 4.82. The van der Waals surface area contributed by atoms with Crippen LogP contribution in [0.1, 0.15) is 16.8 Å². The van der Waals surface area contributed by atoms with Crippen molar-refractivity contribution in [1.82, 2.24) is 4.98 Å². The average molecular weight is 203 g/mol. The predicted molar refractivity (Wildman–Crippen MR) is 57.3 cm³/mol. The summed E-state index contributed by atoms with van der Waals surface area (Å²) in [5.74, 6) is 0.657. The molecule has 0 atom stereocenters. The van der Waals surface area contributed by atoms with Crippen molar-refractivity contribution >= 4 is 0 Å². The largest absolute Gasteiger partial charge is 0.443 e. The molecule has 0 fully saturated rings. The summed E-state index contributed by atoms with van der Waals surface area (Å²) >= 11 is 0. The first-order chi connectivity index (χ1) is 7.20. The molecule has 2 aromatic rings. The van der Waals surface area contributed by atoms with Gasteiger partial charge < -0.3 is 9.52 Å². The van der Waals surface area contributed by atoms with Gasteiger partial charge in [0, 0.05) is 5.56 Å². The molecule has 0 aliphatic heterocycles. The maximum absolute atomic E-state index is 9.08. The lowest BCUT2D eigenvalue weighted by Crippen LogP contribution is -1.88. The highest BCUT2D eigenvalue weighted by Gasteiger charge is 2.10. The van der Waals surface area contributed by atoms with Crippen LogP contribution < -0.4 is 0 Å². The Balaban J connectivity index is 2.53. The quantitative estimate of drug-likeness (QED) is 0.815. The van der Waals surface area contributed by atoms with Gasteiger partial charge in [0.2, 0.25) is 0 Å². The van der Waals surface area contributed by atoms with E-state index in [1.165, 1.54) is 17.5 Å². The van der Waals surface area contributed by atoms with Crippen molar-refractivity contribution in [3.63, 3.8) is 0 Å². The van der Waals surface area contributed by atoms with Crippen LogP contribution in [0.4, 0.5) is 0 Å². The summed E-state index contributed by atoms with van der Waals surface area (Å²) in [6, 6.07) is 6.14. The third kappa shape index (κ3) is 1.92. The number of nitrogens with zero attached hydrogens (tertiary/aromatic N) is 1. The van der Waals surface area contributed by atoms with Crippen LogP contribution in [-0.2, 0) is 6.61 Å². The van der Waals surface area contributed by atoms with Crippen LogP contribution in [0.25, 0.3) is 11.3 Å². The number of aromatic nitrogens is 1. The van der Waals surface area contributed by atoms with E-state index < -0.39 is 0 Å². The van der Waals surface area contributed by atoms with E-state index in [0.29, 0.717) is 11.5 Å². The fraction of sp³-hybridized carbons (Fsp3) is 0.250. The number of rotatable bonds is 2. The van der Waals surface area contributed by atoms with E-state index in [9.17, 15) is 0 Å². The molecule has 0 unspecified atom stereocenters. The van der Waals surface area contributed by atoms with Crippen LogP contribution in [0.15, 0.2) is 29.0 Å². The molecule has 0 aliphatic rings. The highest BCUT2D eigenvalue weighted by atomic mass is 16.3. The standard InChI is InChI=1S/C12H13NO2/c1-8-3-9(2)5-10(4-8)12-11(6-14)13-7-15-12/h3-5,7,14H,6H2,1-2H3. The van der Waals surface area contributed by atoms with Gasteiger partial charge in [-0.25, -0.2) is 4.98 Å². The van der Waals surface area contributed by atoms with Crippen LogP contribution in [0.5, 0.6) is 0 Å². The molecule has 0 spiro atoms. The smallest absolute Gasteiger partial charge is 0.181 e. The third-order valence-electron chi connectivity index (χ3n) is 2.27. The van der Waals surface area contributed by atoms with E-state index in [2.05, 4.69) is 11.1 Å². The second-order valence-corrected chi connectivity index (χ2v) is 3.66. The van der Waals surface area contributed by atoms with E-state index in [4.69, 9.17) is 9.52 Å². The van der Waals surface area contributed by atoms with Gasteiger partial charge in [0.25, 0.3) is 0 Å². The van der Waals surface area contributed by atoms with Crippen molar-refractivity contribution < 1.29 is 9.52 Å². The van der Waals surface area contributed by atoms with E-state index in [-0.39, 0.29) is 6.61 Å². The van der Waals surface area contributed by atoms with E-state index >= 15 is 0 Å². The van der Waals surface area contributed by atoms with Gasteiger partial charge in [0.1, 0.15) is 5.69 Å². The van der Waals surface area contributed by atoms with Gasteiger partial charge in [-0.15, -0.1) is 0 Å². The van der Waals surface area contributed by atoms with Gasteiger partial charge in [-0.1, -0.05) is 17.2 Å². The monoisotopic (exact) mass is 203 g/mol. The van der Waals surface area contributed by atoms with Gasteiger partial charge >= 0.3 is 0 Å². The van der Waals surface area contributed by atoms with Crippen molar-refractivity contribution in [3.05, 3.63) is 41.4 Å². The van der Waals surface area contributed by atoms with Crippen LogP contribution in [-0.4, -0.2) is 10.1 Å². The second-order valence-electron chi connectivity index (χ2n) is 3.66. The Kier molecular flexibility index (Phi) is 2.56. The lowest BCUT2D eigenvalue weighted by atomic mass is 10.0. The van der Waals surface area contributed by atoms with E-state index in [1.54, 1.807) is 0 Å². The second kappa shape index (κ2) is 3.87. The molecule has 3 nitrogen and oxygen atoms in total. The third-order valence-corrected chi connectivity index (χ3v) is 2.27. The minimum Gasteiger partial charge on any atom is -0.443 e. The summed E-state index contributed by atoms with van der Waals surface area (Å²) in [6.07, 6.45) is 1.36. The molecule has 78 valence electrons. The molecule has 2 rings (SSSR count). The SMILES string of the molecule is Cc1cc(C)cc(-c2ocnc2CO)c1. The molecule has 0 bridgehead atoms. The van der Waals surface area contributed by atoms with Crippen molar-refractivity contribution in [2.24, 2.45) is 0 Å². The molecule has 1 aromatic carbocycles. The van der Waals surface area contributed by atoms with Gasteiger partial charge in [-0.2, -0.15) is 0 Å². The normalized spacial score (nSPS) is 10.6. The molecule has 1 N–H and O–H groups in total. The van der Waals surface area contributed by atoms with Gasteiger partial charge in [-0.3, -0.25) is 0 Å². The molecule has 15 heavy (non-hydrogen) atoms. The minimum absolute atomic E-state index is 0.0984. The van der Waals surface area contributed by atoms with Crippen molar-refractivity contribution in [2.75, 3.05) is 0 Å². The van der Waals surface area contributed by atoms with Crippen LogP contribution in [0.3, 0.4) is 0 Å². The Labute approximate surface area is 88.4 Å². The predicted octanol–water partition coefficient (Wildman–Crippen LogP) is 2.45. The van der Waals surface area contributed by atoms with Crippen LogP contribution in [0.2, 0.25) is 0 Å². The fourth-order valence-electron chi connectivity index (χ4n) is 1.72. The molecule has 1 aromatic heterocycles. The summed E-state index contributed by atoms with van der Waals surface area (Å²) in [4.78, 5) is 3.95. The molecule has 0 saturated carbocycles. The molecular weight excluding hydrogens is 190 g/mol. The van der Waals surface area contributed by atoms with Crippen molar-refractivity contribution in [2.45, 2.75) is 20.5 Å². The Hall–Kier alpha value is -1.61. The zero-order chi connectivity index (χ0) is 10.8. The number of oxazole rings is 1. The molecule has 1 heterocycles. The van der Waals surface area contributed by atoms with Gasteiger partial charge in [0.05, 0.1) is 6.61 Å². The number of aliphatic hydroxyl groups is 1. The molecule has 0 amide bonds. The van der Waals surface area contributed by atoms with Crippen LogP contribution >= 0.6 is 0 Å². The Morgan fingerprint density at radius 3 is 2.47 bits per heavy atom. The van der Waals surface area contributed by atoms with E-state index in [0.717, 1.165) is 5.56 Å². The molecule has 0 saturated heterocycles. The lowest BCUT2D eigenvalue weighted by molar-refractivity contribution is 0.277. The number of aliphatic hydroxyl groups excluding tert-OH is 1. The highest BCUT2D eigenvalue weighted by molar-refractivity contribution is 5.61. The first kappa shape index (κ1) is 9.93. The summed E-state index contributed by atoms with van der Waals surface area (Å²) in [5.41, 5.74) is 3.89. The van der Waals surface area contributed by atoms with Gasteiger partial charge in [-0.05, 0) is 26.0 Å². The topological polar surface area (TPSA) is 46.3 Å². The zero-order valence-electron chi connectivity index (χ0n) is 8.82. The van der Waals surface area contributed by atoms with Crippen molar-refractivity contribution in [3.8, 4) is 11.3 Å². The van der Waals surface area contributed by atoms with E-state index in [1.807, 2.05) is 26.0 Å². The number of hydrogen-bond acceptors (Lipinski definition) is 3. The van der Waals surface area contributed by atoms with Crippen LogP contribution in [0, 0.1) is 13.8 Å². The number of hydrogen-bond donors (Lipinski definition) is 1. The molecule has 0 radical (unpaired) electrons. The Morgan fingerprint density at radius 2 is 1.87 bits per heavy atom. The Morgan fingerprint density at radius 1 is 1.20 bits per heavy atom. The molecule has 0 aliphatic carbocycles. The maximum Gasteiger partial charge on any atom is 0.181 e. The Bertz CT molecular complexity index is 454. The summed E-state index contributed by atoms with van der Waals surface area (Å²) < 4.78 is 5.28. The number of benzene rings is 1. The number of aryl methyl sites for hydroxylation is 2. The molecular formula is C12H13NO2. The minimum atomic E-state index is -0.0984. The summed E-state index contributed by atoms with van der Waals surface area (Å²) in [5, 5.41) is 9.08. The fourth-order valence-corrected chi connectivity index (χ4v) is 1.72. The highest BCUT2D eigenvalue weighted by Crippen LogP contribution is 2.25. The first-order valence-corrected chi connectivity index (χ1v) is 4.82. The maximum atomic E-state index is 9.08. The summed E-state index contributed by atoms with van der Waals surface area (Å²) in [7, 11) is 0. The average Bonchev–Trinajstić information content (AvgIpc) is 2.63.